The predicted molar refractivity (Wildman–Crippen MR) is 122 cm³/mol. The zero-order valence-electron chi connectivity index (χ0n) is 17.8. The van der Waals surface area contributed by atoms with Gasteiger partial charge in [0, 0.05) is 5.56 Å². The summed E-state index contributed by atoms with van der Waals surface area (Å²) >= 11 is 0. The Morgan fingerprint density at radius 3 is 2.32 bits per heavy atom. The molecule has 1 amide bonds. The first kappa shape index (κ1) is 22.4. The monoisotopic (exact) mass is 438 g/mol. The van der Waals surface area contributed by atoms with Gasteiger partial charge in [-0.2, -0.15) is 0 Å². The lowest BCUT2D eigenvalue weighted by Gasteiger charge is -2.14. The van der Waals surface area contributed by atoms with Crippen molar-refractivity contribution in [1.29, 1.82) is 0 Å². The quantitative estimate of drug-likeness (QED) is 0.516. The molecule has 0 atom stereocenters. The minimum absolute atomic E-state index is 0.167. The number of ether oxygens (including phenoxy) is 1. The molecular formula is C24H26N2O4S. The van der Waals surface area contributed by atoms with Gasteiger partial charge in [-0.3, -0.25) is 9.52 Å². The highest BCUT2D eigenvalue weighted by Crippen LogP contribution is 2.23. The first-order valence-electron chi connectivity index (χ1n) is 9.93. The first-order valence-corrected chi connectivity index (χ1v) is 11.4. The van der Waals surface area contributed by atoms with Crippen molar-refractivity contribution < 1.29 is 17.9 Å². The Morgan fingerprint density at radius 2 is 1.61 bits per heavy atom. The molecule has 0 radical (unpaired) electrons. The second kappa shape index (κ2) is 9.66. The minimum atomic E-state index is -3.75. The maximum atomic E-state index is 12.7. The first-order chi connectivity index (χ1) is 14.8. The van der Waals surface area contributed by atoms with Crippen LogP contribution in [0.5, 0.6) is 5.75 Å². The lowest BCUT2D eigenvalue weighted by molar-refractivity contribution is 0.0946. The molecule has 0 fully saturated rings. The Bertz CT molecular complexity index is 1170. The van der Waals surface area contributed by atoms with Crippen LogP contribution in [0.1, 0.15) is 27.0 Å². The number of benzene rings is 3. The lowest BCUT2D eigenvalue weighted by Crippen LogP contribution is -2.29. The average molecular weight is 439 g/mol. The summed E-state index contributed by atoms with van der Waals surface area (Å²) in [7, 11) is -3.75. The Kier molecular flexibility index (Phi) is 6.97. The molecule has 0 unspecified atom stereocenters. The van der Waals surface area contributed by atoms with Crippen LogP contribution in [0, 0.1) is 20.8 Å². The molecule has 0 aromatic heterocycles. The van der Waals surface area contributed by atoms with Crippen molar-refractivity contribution in [1.82, 2.24) is 5.32 Å². The topological polar surface area (TPSA) is 84.5 Å². The van der Waals surface area contributed by atoms with Gasteiger partial charge >= 0.3 is 0 Å². The van der Waals surface area contributed by atoms with Crippen molar-refractivity contribution in [2.45, 2.75) is 25.7 Å². The molecule has 0 aliphatic rings. The van der Waals surface area contributed by atoms with E-state index in [1.54, 1.807) is 49.4 Å². The number of amides is 1. The normalized spacial score (nSPS) is 11.1. The third-order valence-electron chi connectivity index (χ3n) is 4.80. The molecule has 0 heterocycles. The molecule has 3 aromatic carbocycles. The molecule has 7 heteroatoms. The number of rotatable bonds is 8. The smallest absolute Gasteiger partial charge is 0.261 e. The Balaban J connectivity index is 1.64. The van der Waals surface area contributed by atoms with Crippen LogP contribution in [0.15, 0.2) is 71.6 Å². The van der Waals surface area contributed by atoms with Crippen molar-refractivity contribution >= 4 is 21.6 Å². The van der Waals surface area contributed by atoms with E-state index in [1.807, 2.05) is 38.1 Å². The van der Waals surface area contributed by atoms with Gasteiger partial charge in [0.25, 0.3) is 15.9 Å². The van der Waals surface area contributed by atoms with Crippen molar-refractivity contribution in [3.8, 4) is 5.75 Å². The van der Waals surface area contributed by atoms with Crippen LogP contribution in [-0.4, -0.2) is 27.5 Å². The number of hydrogen-bond acceptors (Lipinski definition) is 4. The van der Waals surface area contributed by atoms with Gasteiger partial charge < -0.3 is 10.1 Å². The van der Waals surface area contributed by atoms with Crippen LogP contribution < -0.4 is 14.8 Å². The summed E-state index contributed by atoms with van der Waals surface area (Å²) < 4.78 is 33.6. The van der Waals surface area contributed by atoms with Crippen molar-refractivity contribution in [3.63, 3.8) is 0 Å². The number of carbonyl (C=O) groups excluding carboxylic acids is 1. The summed E-state index contributed by atoms with van der Waals surface area (Å²) in [5.41, 5.74) is 3.39. The van der Waals surface area contributed by atoms with E-state index in [-0.39, 0.29) is 10.8 Å². The van der Waals surface area contributed by atoms with Gasteiger partial charge in [0.2, 0.25) is 0 Å². The van der Waals surface area contributed by atoms with Gasteiger partial charge in [0.05, 0.1) is 17.1 Å². The van der Waals surface area contributed by atoms with Crippen LogP contribution in [0.4, 0.5) is 5.69 Å². The van der Waals surface area contributed by atoms with Crippen molar-refractivity contribution in [2.75, 3.05) is 17.9 Å². The largest absolute Gasteiger partial charge is 0.492 e. The van der Waals surface area contributed by atoms with Gasteiger partial charge in [-0.25, -0.2) is 8.42 Å². The molecule has 0 saturated carbocycles. The molecular weight excluding hydrogens is 412 g/mol. The molecule has 0 aliphatic heterocycles. The van der Waals surface area contributed by atoms with Gasteiger partial charge in [-0.15, -0.1) is 0 Å². The molecule has 0 bridgehead atoms. The molecule has 0 spiro atoms. The zero-order chi connectivity index (χ0) is 22.4. The second-order valence-electron chi connectivity index (χ2n) is 7.32. The predicted octanol–water partition coefficient (Wildman–Crippen LogP) is 4.22. The van der Waals surface area contributed by atoms with Crippen LogP contribution >= 0.6 is 0 Å². The van der Waals surface area contributed by atoms with E-state index >= 15 is 0 Å². The molecule has 3 aromatic rings. The third-order valence-corrected chi connectivity index (χ3v) is 6.18. The highest BCUT2D eigenvalue weighted by atomic mass is 32.2. The van der Waals surface area contributed by atoms with Crippen LogP contribution in [0.3, 0.4) is 0 Å². The molecule has 0 saturated heterocycles. The summed E-state index contributed by atoms with van der Waals surface area (Å²) in [6.07, 6.45) is 0. The number of sulfonamides is 1. The van der Waals surface area contributed by atoms with Gasteiger partial charge in [-0.1, -0.05) is 35.9 Å². The molecule has 162 valence electrons. The fraction of sp³-hybridized carbons (Fsp3) is 0.208. The maximum absolute atomic E-state index is 12.7. The van der Waals surface area contributed by atoms with E-state index in [1.165, 1.54) is 0 Å². The van der Waals surface area contributed by atoms with Gasteiger partial charge in [0.15, 0.2) is 0 Å². The fourth-order valence-electron chi connectivity index (χ4n) is 3.05. The van der Waals surface area contributed by atoms with E-state index in [9.17, 15) is 13.2 Å². The SMILES string of the molecule is Cc1ccc(S(=O)(=O)Nc2cccc(C(=O)NCCOc3cccc(C)c3)c2C)cc1. The average Bonchev–Trinajstić information content (AvgIpc) is 2.73. The van der Waals surface area contributed by atoms with Crippen LogP contribution in [-0.2, 0) is 10.0 Å². The van der Waals surface area contributed by atoms with Gasteiger partial charge in [-0.05, 0) is 68.3 Å². The highest BCUT2D eigenvalue weighted by molar-refractivity contribution is 7.92. The Labute approximate surface area is 183 Å². The summed E-state index contributed by atoms with van der Waals surface area (Å²) in [6, 6.07) is 19.2. The Hall–Kier alpha value is -3.32. The second-order valence-corrected chi connectivity index (χ2v) is 9.00. The molecule has 2 N–H and O–H groups in total. The number of aryl methyl sites for hydroxylation is 2. The van der Waals surface area contributed by atoms with Crippen molar-refractivity contribution in [3.05, 3.63) is 89.0 Å². The summed E-state index contributed by atoms with van der Waals surface area (Å²) in [4.78, 5) is 12.8. The summed E-state index contributed by atoms with van der Waals surface area (Å²) in [5, 5.41) is 2.81. The fourth-order valence-corrected chi connectivity index (χ4v) is 4.17. The summed E-state index contributed by atoms with van der Waals surface area (Å²) in [6.45, 7) is 6.24. The third kappa shape index (κ3) is 5.86. The Morgan fingerprint density at radius 1 is 0.903 bits per heavy atom. The number of hydrogen-bond donors (Lipinski definition) is 2. The number of anilines is 1. The van der Waals surface area contributed by atoms with E-state index in [0.717, 1.165) is 16.9 Å². The van der Waals surface area contributed by atoms with E-state index in [2.05, 4.69) is 10.0 Å². The number of nitrogens with one attached hydrogen (secondary N) is 2. The molecule has 31 heavy (non-hydrogen) atoms. The number of carbonyl (C=O) groups is 1. The molecule has 6 nitrogen and oxygen atoms in total. The van der Waals surface area contributed by atoms with Crippen LogP contribution in [0.25, 0.3) is 0 Å². The van der Waals surface area contributed by atoms with Crippen molar-refractivity contribution in [2.24, 2.45) is 0 Å². The summed E-state index contributed by atoms with van der Waals surface area (Å²) in [5.74, 6) is 0.458. The minimum Gasteiger partial charge on any atom is -0.492 e. The maximum Gasteiger partial charge on any atom is 0.261 e. The zero-order valence-corrected chi connectivity index (χ0v) is 18.6. The highest BCUT2D eigenvalue weighted by Gasteiger charge is 2.18. The molecule has 0 aliphatic carbocycles. The molecule has 3 rings (SSSR count). The standard InChI is InChI=1S/C24H26N2O4S/c1-17-10-12-21(13-11-17)31(28,29)26-23-9-5-8-22(19(23)3)24(27)25-14-15-30-20-7-4-6-18(2)16-20/h4-13,16,26H,14-15H2,1-3H3,(H,25,27). The van der Waals surface area contributed by atoms with E-state index in [0.29, 0.717) is 30.0 Å². The van der Waals surface area contributed by atoms with Crippen LogP contribution in [0.2, 0.25) is 0 Å². The van der Waals surface area contributed by atoms with E-state index in [4.69, 9.17) is 4.74 Å². The van der Waals surface area contributed by atoms with E-state index < -0.39 is 10.0 Å². The van der Waals surface area contributed by atoms with Gasteiger partial charge in [0.1, 0.15) is 12.4 Å². The lowest BCUT2D eigenvalue weighted by atomic mass is 10.1.